The average Bonchev–Trinajstić information content (AvgIpc) is 2.37. The van der Waals surface area contributed by atoms with Gasteiger partial charge in [0.2, 0.25) is 0 Å². The molecule has 0 amide bonds. The van der Waals surface area contributed by atoms with E-state index < -0.39 is 0 Å². The van der Waals surface area contributed by atoms with Gasteiger partial charge >= 0.3 is 0 Å². The summed E-state index contributed by atoms with van der Waals surface area (Å²) in [6.07, 6.45) is 3.35. The number of nitrogens with one attached hydrogen (secondary N) is 1. The number of aryl methyl sites for hydroxylation is 2. The third kappa shape index (κ3) is 2.95. The van der Waals surface area contributed by atoms with Crippen molar-refractivity contribution in [1.82, 2.24) is 9.97 Å². The number of halogens is 1. The van der Waals surface area contributed by atoms with Gasteiger partial charge in [-0.3, -0.25) is 0 Å². The number of anilines is 1. The van der Waals surface area contributed by atoms with E-state index in [1.807, 2.05) is 13.0 Å². The summed E-state index contributed by atoms with van der Waals surface area (Å²) in [4.78, 5) is 8.66. The molecule has 1 heterocycles. The predicted octanol–water partition coefficient (Wildman–Crippen LogP) is 3.52. The Bertz CT molecular complexity index is 577. The van der Waals surface area contributed by atoms with E-state index in [0.29, 0.717) is 6.04 Å². The van der Waals surface area contributed by atoms with Crippen LogP contribution in [-0.2, 0) is 12.8 Å². The molecule has 1 aromatic carbocycles. The molecule has 19 heavy (non-hydrogen) atoms. The second-order valence-corrected chi connectivity index (χ2v) is 5.79. The number of rotatable bonds is 2. The number of hydrogen-bond acceptors (Lipinski definition) is 3. The van der Waals surface area contributed by atoms with E-state index in [-0.39, 0.29) is 0 Å². The first kappa shape index (κ1) is 12.6. The van der Waals surface area contributed by atoms with E-state index in [1.54, 1.807) is 0 Å². The molecule has 1 aromatic heterocycles. The lowest BCUT2D eigenvalue weighted by Gasteiger charge is -2.26. The zero-order chi connectivity index (χ0) is 13.2. The van der Waals surface area contributed by atoms with Crippen LogP contribution in [0.3, 0.4) is 0 Å². The molecule has 1 aliphatic rings. The first-order chi connectivity index (χ1) is 9.20. The third-order valence-corrected chi connectivity index (χ3v) is 3.91. The lowest BCUT2D eigenvalue weighted by atomic mass is 9.88. The zero-order valence-electron chi connectivity index (χ0n) is 10.9. The van der Waals surface area contributed by atoms with E-state index >= 15 is 0 Å². The molecule has 0 aliphatic heterocycles. The van der Waals surface area contributed by atoms with Crippen LogP contribution in [0.5, 0.6) is 0 Å². The summed E-state index contributed by atoms with van der Waals surface area (Å²) in [5, 5.41) is 3.52. The average molecular weight is 318 g/mol. The number of nitrogens with zero attached hydrogens (tertiary/aromatic N) is 2. The Morgan fingerprint density at radius 2 is 2.00 bits per heavy atom. The minimum absolute atomic E-state index is 0.455. The number of hydrogen-bond donors (Lipinski definition) is 1. The molecule has 0 saturated heterocycles. The molecule has 1 unspecified atom stereocenters. The van der Waals surface area contributed by atoms with Crippen LogP contribution in [-0.4, -0.2) is 16.0 Å². The van der Waals surface area contributed by atoms with Gasteiger partial charge in [0.25, 0.3) is 0 Å². The molecule has 1 atom stereocenters. The quantitative estimate of drug-likeness (QED) is 0.861. The van der Waals surface area contributed by atoms with Crippen molar-refractivity contribution in [2.24, 2.45) is 0 Å². The molecule has 2 aromatic rings. The highest BCUT2D eigenvalue weighted by atomic mass is 79.9. The van der Waals surface area contributed by atoms with Crippen LogP contribution >= 0.6 is 15.9 Å². The molecule has 0 bridgehead atoms. The topological polar surface area (TPSA) is 37.8 Å². The van der Waals surface area contributed by atoms with E-state index in [4.69, 9.17) is 0 Å². The molecule has 1 aliphatic carbocycles. The summed E-state index contributed by atoms with van der Waals surface area (Å²) >= 11 is 3.41. The van der Waals surface area contributed by atoms with E-state index in [2.05, 4.69) is 55.5 Å². The summed E-state index contributed by atoms with van der Waals surface area (Å²) in [6.45, 7) is 1.91. The first-order valence-corrected chi connectivity index (χ1v) is 7.34. The van der Waals surface area contributed by atoms with Gasteiger partial charge in [0, 0.05) is 12.1 Å². The van der Waals surface area contributed by atoms with Gasteiger partial charge < -0.3 is 5.32 Å². The Morgan fingerprint density at radius 3 is 2.79 bits per heavy atom. The van der Waals surface area contributed by atoms with Gasteiger partial charge in [-0.15, -0.1) is 0 Å². The van der Waals surface area contributed by atoms with Crippen molar-refractivity contribution in [1.29, 1.82) is 0 Å². The summed E-state index contributed by atoms with van der Waals surface area (Å²) in [5.74, 6) is 1.69. The lowest BCUT2D eigenvalue weighted by Crippen LogP contribution is -2.27. The number of fused-ring (bicyclic) bond motifs is 1. The van der Waals surface area contributed by atoms with E-state index in [0.717, 1.165) is 35.5 Å². The Balaban J connectivity index is 1.75. The summed E-state index contributed by atoms with van der Waals surface area (Å²) < 4.78 is 0.832. The van der Waals surface area contributed by atoms with Gasteiger partial charge in [-0.2, -0.15) is 0 Å². The van der Waals surface area contributed by atoms with Gasteiger partial charge in [0.1, 0.15) is 16.2 Å². The maximum absolute atomic E-state index is 4.43. The maximum Gasteiger partial charge on any atom is 0.131 e. The van der Waals surface area contributed by atoms with Gasteiger partial charge in [-0.05, 0) is 53.2 Å². The number of aromatic nitrogens is 2. The van der Waals surface area contributed by atoms with Crippen molar-refractivity contribution < 1.29 is 0 Å². The first-order valence-electron chi connectivity index (χ1n) is 6.55. The molecule has 0 fully saturated rings. The molecule has 0 saturated carbocycles. The molecule has 3 nitrogen and oxygen atoms in total. The largest absolute Gasteiger partial charge is 0.367 e. The fourth-order valence-electron chi connectivity index (χ4n) is 2.64. The standard InChI is InChI=1S/C15H16BrN3/c1-10-17-14(16)9-15(18-10)19-13-7-6-11-4-2-3-5-12(11)8-13/h2-5,9,13H,6-8H2,1H3,(H,17,18,19). The highest BCUT2D eigenvalue weighted by Gasteiger charge is 2.18. The Hall–Kier alpha value is -1.42. The van der Waals surface area contributed by atoms with Crippen LogP contribution in [0, 0.1) is 6.92 Å². The molecule has 98 valence electrons. The Labute approximate surface area is 121 Å². The maximum atomic E-state index is 4.43. The van der Waals surface area contributed by atoms with Gasteiger partial charge in [0.15, 0.2) is 0 Å². The fraction of sp³-hybridized carbons (Fsp3) is 0.333. The molecule has 3 rings (SSSR count). The van der Waals surface area contributed by atoms with Crippen LogP contribution in [0.25, 0.3) is 0 Å². The smallest absolute Gasteiger partial charge is 0.131 e. The Morgan fingerprint density at radius 1 is 1.21 bits per heavy atom. The van der Waals surface area contributed by atoms with Crippen molar-refractivity contribution in [2.75, 3.05) is 5.32 Å². The minimum Gasteiger partial charge on any atom is -0.367 e. The predicted molar refractivity (Wildman–Crippen MR) is 80.3 cm³/mol. The second kappa shape index (κ2) is 5.29. The Kier molecular flexibility index (Phi) is 3.51. The van der Waals surface area contributed by atoms with E-state index in [9.17, 15) is 0 Å². The zero-order valence-corrected chi connectivity index (χ0v) is 12.4. The minimum atomic E-state index is 0.455. The van der Waals surface area contributed by atoms with Crippen LogP contribution in [0.2, 0.25) is 0 Å². The summed E-state index contributed by atoms with van der Waals surface area (Å²) in [6, 6.07) is 11.1. The monoisotopic (exact) mass is 317 g/mol. The van der Waals surface area contributed by atoms with Crippen LogP contribution in [0.1, 0.15) is 23.4 Å². The highest BCUT2D eigenvalue weighted by Crippen LogP contribution is 2.23. The van der Waals surface area contributed by atoms with Crippen LogP contribution in [0.4, 0.5) is 5.82 Å². The van der Waals surface area contributed by atoms with Crippen molar-refractivity contribution >= 4 is 21.7 Å². The highest BCUT2D eigenvalue weighted by molar-refractivity contribution is 9.10. The SMILES string of the molecule is Cc1nc(Br)cc(NC2CCc3ccccc3C2)n1. The van der Waals surface area contributed by atoms with Gasteiger partial charge in [0.05, 0.1) is 0 Å². The van der Waals surface area contributed by atoms with Crippen molar-refractivity contribution in [3.05, 3.63) is 51.9 Å². The third-order valence-electron chi connectivity index (χ3n) is 3.51. The molecule has 0 spiro atoms. The fourth-order valence-corrected chi connectivity index (χ4v) is 3.11. The summed E-state index contributed by atoms with van der Waals surface area (Å²) in [5.41, 5.74) is 2.94. The molecular formula is C15H16BrN3. The molecule has 1 N–H and O–H groups in total. The van der Waals surface area contributed by atoms with Crippen molar-refractivity contribution in [2.45, 2.75) is 32.2 Å². The van der Waals surface area contributed by atoms with Crippen LogP contribution < -0.4 is 5.32 Å². The van der Waals surface area contributed by atoms with Gasteiger partial charge in [-0.25, -0.2) is 9.97 Å². The summed E-state index contributed by atoms with van der Waals surface area (Å²) in [7, 11) is 0. The van der Waals surface area contributed by atoms with E-state index in [1.165, 1.54) is 11.1 Å². The van der Waals surface area contributed by atoms with Crippen LogP contribution in [0.15, 0.2) is 34.9 Å². The molecule has 0 radical (unpaired) electrons. The normalized spacial score (nSPS) is 17.9. The van der Waals surface area contributed by atoms with Crippen molar-refractivity contribution in [3.63, 3.8) is 0 Å². The molecular weight excluding hydrogens is 302 g/mol. The number of benzene rings is 1. The second-order valence-electron chi connectivity index (χ2n) is 4.98. The van der Waals surface area contributed by atoms with Crippen molar-refractivity contribution in [3.8, 4) is 0 Å². The lowest BCUT2D eigenvalue weighted by molar-refractivity contribution is 0.608. The molecule has 4 heteroatoms. The van der Waals surface area contributed by atoms with Gasteiger partial charge in [-0.1, -0.05) is 24.3 Å².